The minimum Gasteiger partial charge on any atom is -0.447 e. The van der Waals surface area contributed by atoms with Crippen LogP contribution in [0, 0.1) is 11.8 Å². The van der Waals surface area contributed by atoms with Gasteiger partial charge in [-0.05, 0) is 56.1 Å². The van der Waals surface area contributed by atoms with E-state index in [1.807, 2.05) is 24.3 Å². The van der Waals surface area contributed by atoms with E-state index >= 15 is 0 Å². The minimum atomic E-state index is -4.54. The number of carbonyl (C=O) groups excluding carboxylic acids is 1. The first kappa shape index (κ1) is 27.3. The molecule has 0 bridgehead atoms. The number of aromatic nitrogens is 3. The first-order valence-electron chi connectivity index (χ1n) is 14.2. The molecule has 6 rings (SSSR count). The Morgan fingerprint density at radius 1 is 0.976 bits per heavy atom. The Morgan fingerprint density at radius 2 is 1.80 bits per heavy atom. The van der Waals surface area contributed by atoms with Crippen LogP contribution >= 0.6 is 0 Å². The van der Waals surface area contributed by atoms with Gasteiger partial charge in [0, 0.05) is 30.4 Å². The summed E-state index contributed by atoms with van der Waals surface area (Å²) in [6.45, 7) is 2.47. The molecule has 1 N–H and O–H groups in total. The monoisotopic (exact) mass is 570 g/mol. The molecular formula is C29H33F3N6O3. The molecule has 41 heavy (non-hydrogen) atoms. The molecule has 9 nitrogen and oxygen atoms in total. The number of benzene rings is 1. The predicted molar refractivity (Wildman–Crippen MR) is 147 cm³/mol. The maximum Gasteiger partial charge on any atom is 0.451 e. The van der Waals surface area contributed by atoms with Crippen molar-refractivity contribution in [3.05, 3.63) is 48.7 Å². The molecule has 0 unspecified atom stereocenters. The van der Waals surface area contributed by atoms with Crippen molar-refractivity contribution in [3.8, 4) is 11.3 Å². The second kappa shape index (κ2) is 11.6. The van der Waals surface area contributed by atoms with Gasteiger partial charge < -0.3 is 19.4 Å². The van der Waals surface area contributed by atoms with Crippen LogP contribution < -0.4 is 15.1 Å². The van der Waals surface area contributed by atoms with Crippen LogP contribution in [0.15, 0.2) is 47.3 Å². The standard InChI is InChI=1S/C29H33F3N6O3/c30-29(31,32)26-33-15-23(16-34-26)37-10-4-5-19(18-37)13-20-6-1-2-9-24(20)36-27-35-17-25(41-27)21-7-3-8-22(14-21)38-11-12-40-28(38)39/h3,7-8,14-17,19-20,24H,1-2,4-6,9-13,18H2,(H,35,36)/t19-,20+,24-/m1/s1. The average molecular weight is 571 g/mol. The highest BCUT2D eigenvalue weighted by atomic mass is 19.4. The quantitative estimate of drug-likeness (QED) is 0.349. The van der Waals surface area contributed by atoms with Crippen molar-refractivity contribution < 1.29 is 27.1 Å². The second-order valence-corrected chi connectivity index (χ2v) is 11.1. The lowest BCUT2D eigenvalue weighted by atomic mass is 9.77. The highest BCUT2D eigenvalue weighted by Crippen LogP contribution is 2.36. The number of cyclic esters (lactones) is 1. The van der Waals surface area contributed by atoms with Crippen molar-refractivity contribution >= 4 is 23.5 Å². The summed E-state index contributed by atoms with van der Waals surface area (Å²) in [5, 5.41) is 3.55. The molecular weight excluding hydrogens is 537 g/mol. The normalized spacial score (nSPS) is 23.5. The average Bonchev–Trinajstić information content (AvgIpc) is 3.63. The molecule has 2 saturated heterocycles. The number of hydrogen-bond acceptors (Lipinski definition) is 8. The Hall–Kier alpha value is -3.83. The van der Waals surface area contributed by atoms with Gasteiger partial charge in [0.1, 0.15) is 6.61 Å². The summed E-state index contributed by atoms with van der Waals surface area (Å²) in [4.78, 5) is 27.3. The van der Waals surface area contributed by atoms with Crippen molar-refractivity contribution in [1.29, 1.82) is 0 Å². The van der Waals surface area contributed by atoms with E-state index < -0.39 is 12.0 Å². The molecule has 3 atom stereocenters. The van der Waals surface area contributed by atoms with Gasteiger partial charge in [0.25, 0.3) is 6.01 Å². The SMILES string of the molecule is O=C1OCCN1c1cccc(-c2cnc(N[C@@H]3CCCC[C@H]3C[C@H]3CCCN(c4cnc(C(F)(F)F)nc4)C3)o2)c1. The maximum atomic E-state index is 12.9. The first-order chi connectivity index (χ1) is 19.8. The van der Waals surface area contributed by atoms with Gasteiger partial charge in [-0.25, -0.2) is 19.7 Å². The van der Waals surface area contributed by atoms with Gasteiger partial charge in [0.05, 0.1) is 30.8 Å². The summed E-state index contributed by atoms with van der Waals surface area (Å²) >= 11 is 0. The van der Waals surface area contributed by atoms with Crippen LogP contribution in [0.1, 0.15) is 50.8 Å². The van der Waals surface area contributed by atoms with E-state index in [9.17, 15) is 18.0 Å². The summed E-state index contributed by atoms with van der Waals surface area (Å²) in [5.41, 5.74) is 2.23. The fraction of sp³-hybridized carbons (Fsp3) is 0.517. The van der Waals surface area contributed by atoms with Crippen LogP contribution in [0.3, 0.4) is 0 Å². The molecule has 2 aromatic heterocycles. The van der Waals surface area contributed by atoms with E-state index in [0.29, 0.717) is 42.4 Å². The fourth-order valence-corrected chi connectivity index (χ4v) is 6.32. The molecule has 3 aromatic rings. The molecule has 1 amide bonds. The highest BCUT2D eigenvalue weighted by molar-refractivity contribution is 5.90. The van der Waals surface area contributed by atoms with Crippen molar-refractivity contribution in [3.63, 3.8) is 0 Å². The van der Waals surface area contributed by atoms with E-state index in [2.05, 4.69) is 25.2 Å². The Kier molecular flexibility index (Phi) is 7.72. The summed E-state index contributed by atoms with van der Waals surface area (Å²) in [5.74, 6) is 0.386. The summed E-state index contributed by atoms with van der Waals surface area (Å²) in [6, 6.07) is 8.29. The number of amides is 1. The molecule has 0 spiro atoms. The highest BCUT2D eigenvalue weighted by Gasteiger charge is 2.35. The van der Waals surface area contributed by atoms with Crippen LogP contribution in [0.2, 0.25) is 0 Å². The fourth-order valence-electron chi connectivity index (χ4n) is 6.32. The Bertz CT molecular complexity index is 1350. The number of ether oxygens (including phenoxy) is 1. The largest absolute Gasteiger partial charge is 0.451 e. The Balaban J connectivity index is 1.09. The molecule has 2 aliphatic heterocycles. The van der Waals surface area contributed by atoms with Crippen LogP contribution in [0.4, 0.5) is 35.4 Å². The molecule has 1 aromatic carbocycles. The summed E-state index contributed by atoms with van der Waals surface area (Å²) < 4.78 is 49.8. The lowest BCUT2D eigenvalue weighted by Gasteiger charge is -2.38. The van der Waals surface area contributed by atoms with Crippen LogP contribution in [-0.4, -0.2) is 53.3 Å². The molecule has 1 aliphatic carbocycles. The topological polar surface area (TPSA) is 96.6 Å². The number of anilines is 3. The Labute approximate surface area is 236 Å². The predicted octanol–water partition coefficient (Wildman–Crippen LogP) is 6.38. The number of oxazole rings is 1. The van der Waals surface area contributed by atoms with E-state index in [4.69, 9.17) is 9.15 Å². The smallest absolute Gasteiger partial charge is 0.447 e. The van der Waals surface area contributed by atoms with E-state index in [1.54, 1.807) is 11.1 Å². The van der Waals surface area contributed by atoms with Gasteiger partial charge in [0.2, 0.25) is 5.82 Å². The maximum absolute atomic E-state index is 12.9. The third-order valence-corrected chi connectivity index (χ3v) is 8.34. The van der Waals surface area contributed by atoms with E-state index in [0.717, 1.165) is 62.9 Å². The molecule has 3 fully saturated rings. The molecule has 12 heteroatoms. The van der Waals surface area contributed by atoms with Crippen molar-refractivity contribution in [1.82, 2.24) is 15.0 Å². The van der Waals surface area contributed by atoms with Crippen molar-refractivity contribution in [2.75, 3.05) is 41.4 Å². The molecule has 4 heterocycles. The van der Waals surface area contributed by atoms with Gasteiger partial charge in [0.15, 0.2) is 5.76 Å². The summed E-state index contributed by atoms with van der Waals surface area (Å²) in [6.07, 6.45) is 6.93. The van der Waals surface area contributed by atoms with Crippen LogP contribution in [-0.2, 0) is 10.9 Å². The zero-order valence-electron chi connectivity index (χ0n) is 22.6. The second-order valence-electron chi connectivity index (χ2n) is 11.1. The number of rotatable bonds is 7. The molecule has 218 valence electrons. The van der Waals surface area contributed by atoms with Gasteiger partial charge in [-0.1, -0.05) is 25.0 Å². The van der Waals surface area contributed by atoms with Crippen molar-refractivity contribution in [2.24, 2.45) is 11.8 Å². The zero-order valence-corrected chi connectivity index (χ0v) is 22.6. The third-order valence-electron chi connectivity index (χ3n) is 8.34. The van der Waals surface area contributed by atoms with Crippen LogP contribution in [0.5, 0.6) is 0 Å². The van der Waals surface area contributed by atoms with E-state index in [1.165, 1.54) is 18.8 Å². The summed E-state index contributed by atoms with van der Waals surface area (Å²) in [7, 11) is 0. The van der Waals surface area contributed by atoms with Gasteiger partial charge in [-0.15, -0.1) is 0 Å². The van der Waals surface area contributed by atoms with Gasteiger partial charge >= 0.3 is 12.3 Å². The van der Waals surface area contributed by atoms with Gasteiger partial charge in [-0.2, -0.15) is 13.2 Å². The molecule has 1 saturated carbocycles. The molecule has 3 aliphatic rings. The molecule has 0 radical (unpaired) electrons. The zero-order chi connectivity index (χ0) is 28.4. The minimum absolute atomic E-state index is 0.228. The van der Waals surface area contributed by atoms with Crippen molar-refractivity contribution in [2.45, 2.75) is 57.2 Å². The number of alkyl halides is 3. The van der Waals surface area contributed by atoms with E-state index in [-0.39, 0.29) is 12.1 Å². The number of nitrogens with zero attached hydrogens (tertiary/aromatic N) is 5. The lowest BCUT2D eigenvalue weighted by Crippen LogP contribution is -2.39. The lowest BCUT2D eigenvalue weighted by molar-refractivity contribution is -0.145. The third kappa shape index (κ3) is 6.25. The number of carbonyl (C=O) groups is 1. The Morgan fingerprint density at radius 3 is 2.59 bits per heavy atom. The number of hydrogen-bond donors (Lipinski definition) is 1. The number of halogens is 3. The van der Waals surface area contributed by atoms with Crippen LogP contribution in [0.25, 0.3) is 11.3 Å². The number of piperidine rings is 1. The first-order valence-corrected chi connectivity index (χ1v) is 14.2. The number of nitrogens with one attached hydrogen (secondary N) is 1. The van der Waals surface area contributed by atoms with Gasteiger partial charge in [-0.3, -0.25) is 4.90 Å².